The molecule has 10 heteroatoms. The zero-order valence-corrected chi connectivity index (χ0v) is 14.2. The Kier molecular flexibility index (Phi) is 6.25. The third kappa shape index (κ3) is 5.69. The number of pyridine rings is 1. The van der Waals surface area contributed by atoms with Crippen LogP contribution in [0.25, 0.3) is 0 Å². The van der Waals surface area contributed by atoms with E-state index in [0.717, 1.165) is 31.3 Å². The first-order valence-electron chi connectivity index (χ1n) is 7.58. The van der Waals surface area contributed by atoms with E-state index in [1.54, 1.807) is 6.20 Å². The highest BCUT2D eigenvalue weighted by Gasteiger charge is 2.18. The molecule has 134 valence electrons. The smallest absolute Gasteiger partial charge is 0.270 e. The zero-order valence-electron chi connectivity index (χ0n) is 13.4. The van der Waals surface area contributed by atoms with E-state index in [1.807, 2.05) is 18.2 Å². The summed E-state index contributed by atoms with van der Waals surface area (Å²) >= 11 is 0. The average Bonchev–Trinajstić information content (AvgIpc) is 2.58. The fourth-order valence-electron chi connectivity index (χ4n) is 2.16. The first-order chi connectivity index (χ1) is 11.9. The molecule has 0 amide bonds. The van der Waals surface area contributed by atoms with E-state index in [2.05, 4.69) is 15.6 Å². The lowest BCUT2D eigenvalue weighted by Crippen LogP contribution is -2.16. The van der Waals surface area contributed by atoms with Crippen LogP contribution < -0.4 is 15.8 Å². The molecule has 0 atom stereocenters. The van der Waals surface area contributed by atoms with E-state index in [4.69, 9.17) is 5.14 Å². The van der Waals surface area contributed by atoms with Crippen molar-refractivity contribution in [2.75, 3.05) is 23.7 Å². The second kappa shape index (κ2) is 8.40. The van der Waals surface area contributed by atoms with Gasteiger partial charge < -0.3 is 10.6 Å². The van der Waals surface area contributed by atoms with Crippen molar-refractivity contribution in [3.8, 4) is 0 Å². The SMILES string of the molecule is NS(=O)(=O)c1cc([N+](=O)[O-])ccc1NCCCCNc1ccccn1. The van der Waals surface area contributed by atoms with Crippen molar-refractivity contribution >= 4 is 27.2 Å². The number of nitrogens with one attached hydrogen (secondary N) is 2. The molecule has 0 radical (unpaired) electrons. The van der Waals surface area contributed by atoms with Gasteiger partial charge in [0.25, 0.3) is 5.69 Å². The molecule has 4 N–H and O–H groups in total. The third-order valence-electron chi connectivity index (χ3n) is 3.37. The first kappa shape index (κ1) is 18.6. The van der Waals surface area contributed by atoms with Gasteiger partial charge in [0.05, 0.1) is 10.6 Å². The van der Waals surface area contributed by atoms with E-state index < -0.39 is 14.9 Å². The second-order valence-electron chi connectivity index (χ2n) is 5.26. The molecule has 9 nitrogen and oxygen atoms in total. The Morgan fingerprint density at radius 3 is 2.44 bits per heavy atom. The van der Waals surface area contributed by atoms with Crippen molar-refractivity contribution in [3.63, 3.8) is 0 Å². The highest BCUT2D eigenvalue weighted by molar-refractivity contribution is 7.89. The summed E-state index contributed by atoms with van der Waals surface area (Å²) in [5.41, 5.74) is -0.0695. The molecule has 25 heavy (non-hydrogen) atoms. The summed E-state index contributed by atoms with van der Waals surface area (Å²) in [7, 11) is -4.06. The van der Waals surface area contributed by atoms with Crippen LogP contribution in [-0.2, 0) is 10.0 Å². The molecule has 1 heterocycles. The van der Waals surface area contributed by atoms with Gasteiger partial charge in [-0.25, -0.2) is 18.5 Å². The number of benzene rings is 1. The molecule has 0 saturated heterocycles. The number of non-ortho nitro benzene ring substituents is 1. The number of aromatic nitrogens is 1. The van der Waals surface area contributed by atoms with E-state index in [9.17, 15) is 18.5 Å². The van der Waals surface area contributed by atoms with E-state index in [1.165, 1.54) is 12.1 Å². The van der Waals surface area contributed by atoms with Gasteiger partial charge in [0.2, 0.25) is 10.0 Å². The molecule has 0 bridgehead atoms. The van der Waals surface area contributed by atoms with E-state index >= 15 is 0 Å². The van der Waals surface area contributed by atoms with Crippen LogP contribution in [-0.4, -0.2) is 31.4 Å². The number of nitrogens with two attached hydrogens (primary N) is 1. The Morgan fingerprint density at radius 1 is 1.12 bits per heavy atom. The molecule has 2 rings (SSSR count). The number of rotatable bonds is 9. The minimum Gasteiger partial charge on any atom is -0.384 e. The predicted molar refractivity (Wildman–Crippen MR) is 94.9 cm³/mol. The van der Waals surface area contributed by atoms with Gasteiger partial charge in [-0.1, -0.05) is 6.07 Å². The molecule has 0 aliphatic heterocycles. The zero-order chi connectivity index (χ0) is 18.3. The van der Waals surface area contributed by atoms with Gasteiger partial charge in [0.15, 0.2) is 0 Å². The maximum Gasteiger partial charge on any atom is 0.270 e. The van der Waals surface area contributed by atoms with Crippen molar-refractivity contribution in [2.24, 2.45) is 5.14 Å². The Hall–Kier alpha value is -2.72. The third-order valence-corrected chi connectivity index (χ3v) is 4.32. The summed E-state index contributed by atoms with van der Waals surface area (Å²) in [6.07, 6.45) is 3.30. The van der Waals surface area contributed by atoms with Gasteiger partial charge in [0, 0.05) is 31.4 Å². The predicted octanol–water partition coefficient (Wildman–Crippen LogP) is 1.94. The van der Waals surface area contributed by atoms with Gasteiger partial charge in [-0.2, -0.15) is 0 Å². The summed E-state index contributed by atoms with van der Waals surface area (Å²) in [6.45, 7) is 1.23. The van der Waals surface area contributed by atoms with Crippen LogP contribution in [0.1, 0.15) is 12.8 Å². The van der Waals surface area contributed by atoms with Crippen LogP contribution in [0.5, 0.6) is 0 Å². The lowest BCUT2D eigenvalue weighted by atomic mass is 10.2. The molecule has 2 aromatic rings. The van der Waals surface area contributed by atoms with Crippen LogP contribution in [0, 0.1) is 10.1 Å². The Labute approximate surface area is 145 Å². The number of nitro groups is 1. The minimum atomic E-state index is -4.06. The number of primary sulfonamides is 1. The number of nitrogens with zero attached hydrogens (tertiary/aromatic N) is 2. The summed E-state index contributed by atoms with van der Waals surface area (Å²) in [4.78, 5) is 14.0. The van der Waals surface area contributed by atoms with Gasteiger partial charge >= 0.3 is 0 Å². The molecular formula is C15H19N5O4S. The molecule has 1 aromatic carbocycles. The number of sulfonamides is 1. The van der Waals surface area contributed by atoms with Crippen molar-refractivity contribution < 1.29 is 13.3 Å². The molecule has 0 spiro atoms. The molecule has 0 aliphatic rings. The van der Waals surface area contributed by atoms with Gasteiger partial charge in [-0.15, -0.1) is 0 Å². The van der Waals surface area contributed by atoms with Crippen molar-refractivity contribution in [2.45, 2.75) is 17.7 Å². The fraction of sp³-hybridized carbons (Fsp3) is 0.267. The standard InChI is InChI=1S/C15H19N5O4S/c16-25(23,24)14-11-12(20(21)22)6-7-13(14)17-8-3-4-10-19-15-5-1-2-9-18-15/h1-2,5-7,9,11,17H,3-4,8,10H2,(H,18,19)(H2,16,23,24). The normalized spacial score (nSPS) is 11.1. The van der Waals surface area contributed by atoms with Crippen molar-refractivity contribution in [1.82, 2.24) is 4.98 Å². The largest absolute Gasteiger partial charge is 0.384 e. The maximum atomic E-state index is 11.6. The summed E-state index contributed by atoms with van der Waals surface area (Å²) in [5.74, 6) is 0.794. The first-order valence-corrected chi connectivity index (χ1v) is 9.12. The second-order valence-corrected chi connectivity index (χ2v) is 6.79. The van der Waals surface area contributed by atoms with Gasteiger partial charge in [-0.05, 0) is 31.0 Å². The number of anilines is 2. The number of hydrogen-bond donors (Lipinski definition) is 3. The number of hydrogen-bond acceptors (Lipinski definition) is 7. The van der Waals surface area contributed by atoms with Gasteiger partial charge in [0.1, 0.15) is 10.7 Å². The summed E-state index contributed by atoms with van der Waals surface area (Å²) in [6, 6.07) is 9.14. The topological polar surface area (TPSA) is 140 Å². The van der Waals surface area contributed by atoms with Crippen molar-refractivity contribution in [3.05, 3.63) is 52.7 Å². The van der Waals surface area contributed by atoms with Gasteiger partial charge in [-0.3, -0.25) is 10.1 Å². The van der Waals surface area contributed by atoms with Crippen LogP contribution in [0.4, 0.5) is 17.2 Å². The molecular weight excluding hydrogens is 346 g/mol. The van der Waals surface area contributed by atoms with Crippen LogP contribution in [0.2, 0.25) is 0 Å². The quantitative estimate of drug-likeness (QED) is 0.350. The Balaban J connectivity index is 1.87. The number of unbranched alkanes of at least 4 members (excludes halogenated alkanes) is 1. The summed E-state index contributed by atoms with van der Waals surface area (Å²) in [5, 5.41) is 22.0. The Morgan fingerprint density at radius 2 is 1.84 bits per heavy atom. The molecule has 0 unspecified atom stereocenters. The van der Waals surface area contributed by atoms with E-state index in [-0.39, 0.29) is 16.3 Å². The van der Waals surface area contributed by atoms with Crippen LogP contribution in [0.3, 0.4) is 0 Å². The van der Waals surface area contributed by atoms with Crippen molar-refractivity contribution in [1.29, 1.82) is 0 Å². The minimum absolute atomic E-state index is 0.255. The maximum absolute atomic E-state index is 11.6. The Bertz CT molecular complexity index is 827. The molecule has 0 saturated carbocycles. The molecule has 0 fully saturated rings. The monoisotopic (exact) mass is 365 g/mol. The molecule has 0 aliphatic carbocycles. The summed E-state index contributed by atoms with van der Waals surface area (Å²) < 4.78 is 23.2. The van der Waals surface area contributed by atoms with Crippen LogP contribution >= 0.6 is 0 Å². The lowest BCUT2D eigenvalue weighted by molar-refractivity contribution is -0.385. The highest BCUT2D eigenvalue weighted by atomic mass is 32.2. The number of nitro benzene ring substituents is 1. The average molecular weight is 365 g/mol. The van der Waals surface area contributed by atoms with E-state index in [0.29, 0.717) is 6.54 Å². The molecule has 1 aromatic heterocycles. The lowest BCUT2D eigenvalue weighted by Gasteiger charge is -2.11. The fourth-order valence-corrected chi connectivity index (χ4v) is 2.89. The highest BCUT2D eigenvalue weighted by Crippen LogP contribution is 2.25. The van der Waals surface area contributed by atoms with Crippen LogP contribution in [0.15, 0.2) is 47.5 Å².